The summed E-state index contributed by atoms with van der Waals surface area (Å²) < 4.78 is 0. The molecule has 0 N–H and O–H groups in total. The number of benzene rings is 1. The van der Waals surface area contributed by atoms with Crippen LogP contribution in [-0.2, 0) is 6.42 Å². The third-order valence-electron chi connectivity index (χ3n) is 2.99. The highest BCUT2D eigenvalue weighted by Crippen LogP contribution is 2.38. The molecular weight excluding hydrogens is 270 g/mol. The number of aryl methyl sites for hydroxylation is 1. The maximum atomic E-state index is 10.5. The summed E-state index contributed by atoms with van der Waals surface area (Å²) in [6, 6.07) is 6.86. The van der Waals surface area contributed by atoms with Gasteiger partial charge in [0.15, 0.2) is 0 Å². The smallest absolute Gasteiger partial charge is 0.258 e. The van der Waals surface area contributed by atoms with Crippen molar-refractivity contribution in [3.63, 3.8) is 0 Å². The Kier molecular flexibility index (Phi) is 3.59. The highest BCUT2D eigenvalue weighted by atomic mass is 79.9. The molecule has 1 fully saturated rings. The van der Waals surface area contributed by atoms with E-state index in [1.54, 1.807) is 12.1 Å². The number of alkyl halides is 1. The first-order valence-electron chi connectivity index (χ1n) is 5.54. The molecule has 0 saturated heterocycles. The Balaban J connectivity index is 1.86. The van der Waals surface area contributed by atoms with Crippen molar-refractivity contribution in [1.29, 1.82) is 0 Å². The Morgan fingerprint density at radius 3 is 2.50 bits per heavy atom. The van der Waals surface area contributed by atoms with Crippen molar-refractivity contribution >= 4 is 21.6 Å². The largest absolute Gasteiger partial charge is 0.269 e. The number of rotatable bonds is 5. The van der Waals surface area contributed by atoms with Gasteiger partial charge in [0.05, 0.1) is 4.92 Å². The molecular formula is C12H14BrNO2. The van der Waals surface area contributed by atoms with Gasteiger partial charge in [-0.15, -0.1) is 0 Å². The lowest BCUT2D eigenvalue weighted by molar-refractivity contribution is -0.384. The fraction of sp³-hybridized carbons (Fsp3) is 0.500. The van der Waals surface area contributed by atoms with Crippen molar-refractivity contribution in [3.05, 3.63) is 39.9 Å². The van der Waals surface area contributed by atoms with Crippen molar-refractivity contribution < 1.29 is 4.92 Å². The summed E-state index contributed by atoms with van der Waals surface area (Å²) in [7, 11) is 0. The van der Waals surface area contributed by atoms with Crippen molar-refractivity contribution in [2.75, 3.05) is 0 Å². The van der Waals surface area contributed by atoms with Crippen LogP contribution >= 0.6 is 15.9 Å². The van der Waals surface area contributed by atoms with Crippen LogP contribution in [-0.4, -0.2) is 9.75 Å². The number of halogens is 1. The third kappa shape index (κ3) is 3.04. The molecule has 1 aromatic carbocycles. The second-order valence-electron chi connectivity index (χ2n) is 4.32. The Bertz CT molecular complexity index is 373. The second kappa shape index (κ2) is 4.95. The Labute approximate surface area is 103 Å². The van der Waals surface area contributed by atoms with Crippen LogP contribution in [0.15, 0.2) is 24.3 Å². The maximum Gasteiger partial charge on any atom is 0.269 e. The number of nitrogens with zero attached hydrogens (tertiary/aromatic N) is 1. The first-order chi connectivity index (χ1) is 7.66. The lowest BCUT2D eigenvalue weighted by Crippen LogP contribution is -2.02. The molecule has 1 aromatic rings. The number of hydrogen-bond acceptors (Lipinski definition) is 2. The van der Waals surface area contributed by atoms with Crippen molar-refractivity contribution in [2.45, 2.75) is 30.5 Å². The quantitative estimate of drug-likeness (QED) is 0.470. The van der Waals surface area contributed by atoms with E-state index in [0.717, 1.165) is 18.8 Å². The predicted octanol–water partition coefficient (Wildman–Crippen LogP) is 3.70. The molecule has 0 bridgehead atoms. The molecule has 1 aliphatic carbocycles. The molecule has 4 heteroatoms. The van der Waals surface area contributed by atoms with Gasteiger partial charge in [0.25, 0.3) is 5.69 Å². The number of nitro benzene ring substituents is 1. The summed E-state index contributed by atoms with van der Waals surface area (Å²) in [5.41, 5.74) is 1.34. The monoisotopic (exact) mass is 283 g/mol. The molecule has 1 atom stereocenters. The van der Waals surface area contributed by atoms with Gasteiger partial charge in [-0.1, -0.05) is 28.1 Å². The summed E-state index contributed by atoms with van der Waals surface area (Å²) in [6.45, 7) is 0. The van der Waals surface area contributed by atoms with Gasteiger partial charge in [-0.05, 0) is 37.2 Å². The van der Waals surface area contributed by atoms with Crippen LogP contribution in [0.5, 0.6) is 0 Å². The number of hydrogen-bond donors (Lipinski definition) is 0. The van der Waals surface area contributed by atoms with E-state index < -0.39 is 0 Å². The topological polar surface area (TPSA) is 43.1 Å². The van der Waals surface area contributed by atoms with Crippen LogP contribution in [0.4, 0.5) is 5.69 Å². The molecule has 3 nitrogen and oxygen atoms in total. The van der Waals surface area contributed by atoms with E-state index in [1.807, 2.05) is 12.1 Å². The van der Waals surface area contributed by atoms with Gasteiger partial charge < -0.3 is 0 Å². The van der Waals surface area contributed by atoms with Gasteiger partial charge in [0.2, 0.25) is 0 Å². The molecule has 0 radical (unpaired) electrons. The van der Waals surface area contributed by atoms with Crippen LogP contribution in [0, 0.1) is 16.0 Å². The molecule has 0 amide bonds. The molecule has 0 heterocycles. The minimum Gasteiger partial charge on any atom is -0.258 e. The van der Waals surface area contributed by atoms with Crippen LogP contribution in [0.2, 0.25) is 0 Å². The first kappa shape index (κ1) is 11.6. The Morgan fingerprint density at radius 1 is 1.38 bits per heavy atom. The van der Waals surface area contributed by atoms with E-state index in [0.29, 0.717) is 4.83 Å². The van der Waals surface area contributed by atoms with Crippen LogP contribution in [0.1, 0.15) is 24.8 Å². The van der Waals surface area contributed by atoms with E-state index in [1.165, 1.54) is 18.4 Å². The molecule has 0 aromatic heterocycles. The lowest BCUT2D eigenvalue weighted by Gasteiger charge is -2.07. The lowest BCUT2D eigenvalue weighted by atomic mass is 10.1. The summed E-state index contributed by atoms with van der Waals surface area (Å²) in [5, 5.41) is 10.5. The molecule has 1 saturated carbocycles. The highest BCUT2D eigenvalue weighted by Gasteiger charge is 2.28. The number of non-ortho nitro benzene ring substituents is 1. The Morgan fingerprint density at radius 2 is 2.00 bits per heavy atom. The summed E-state index contributed by atoms with van der Waals surface area (Å²) >= 11 is 3.69. The zero-order valence-electron chi connectivity index (χ0n) is 8.93. The molecule has 1 unspecified atom stereocenters. The van der Waals surface area contributed by atoms with Gasteiger partial charge in [-0.3, -0.25) is 10.1 Å². The first-order valence-corrected chi connectivity index (χ1v) is 6.46. The minimum atomic E-state index is -0.360. The minimum absolute atomic E-state index is 0.168. The van der Waals surface area contributed by atoms with Gasteiger partial charge in [0, 0.05) is 17.0 Å². The molecule has 2 rings (SSSR count). The van der Waals surface area contributed by atoms with E-state index in [9.17, 15) is 10.1 Å². The third-order valence-corrected chi connectivity index (χ3v) is 4.19. The number of nitro groups is 1. The van der Waals surface area contributed by atoms with Crippen molar-refractivity contribution in [1.82, 2.24) is 0 Å². The molecule has 16 heavy (non-hydrogen) atoms. The molecule has 86 valence electrons. The van der Waals surface area contributed by atoms with Crippen LogP contribution in [0.3, 0.4) is 0 Å². The van der Waals surface area contributed by atoms with Gasteiger partial charge >= 0.3 is 0 Å². The standard InChI is InChI=1S/C12H14BrNO2/c13-12(10-4-5-10)8-3-9-1-6-11(7-2-9)14(15)16/h1-2,6-7,10,12H,3-5,8H2. The normalized spacial score (nSPS) is 17.1. The van der Waals surface area contributed by atoms with E-state index in [4.69, 9.17) is 0 Å². The Hall–Kier alpha value is -0.900. The zero-order valence-corrected chi connectivity index (χ0v) is 10.5. The maximum absolute atomic E-state index is 10.5. The highest BCUT2D eigenvalue weighted by molar-refractivity contribution is 9.09. The fourth-order valence-electron chi connectivity index (χ4n) is 1.78. The summed E-state index contributed by atoms with van der Waals surface area (Å²) in [5.74, 6) is 0.859. The second-order valence-corrected chi connectivity index (χ2v) is 5.49. The van der Waals surface area contributed by atoms with Gasteiger partial charge in [-0.2, -0.15) is 0 Å². The van der Waals surface area contributed by atoms with Crippen molar-refractivity contribution in [3.8, 4) is 0 Å². The molecule has 1 aliphatic rings. The SMILES string of the molecule is O=[N+]([O-])c1ccc(CCC(Br)C2CC2)cc1. The van der Waals surface area contributed by atoms with E-state index in [2.05, 4.69) is 15.9 Å². The van der Waals surface area contributed by atoms with Crippen molar-refractivity contribution in [2.24, 2.45) is 5.92 Å². The average Bonchev–Trinajstić information content (AvgIpc) is 3.10. The predicted molar refractivity (Wildman–Crippen MR) is 66.9 cm³/mol. The van der Waals surface area contributed by atoms with E-state index in [-0.39, 0.29) is 10.6 Å². The average molecular weight is 284 g/mol. The van der Waals surface area contributed by atoms with Crippen LogP contribution < -0.4 is 0 Å². The van der Waals surface area contributed by atoms with Gasteiger partial charge in [-0.25, -0.2) is 0 Å². The van der Waals surface area contributed by atoms with Gasteiger partial charge in [0.1, 0.15) is 0 Å². The molecule has 0 aliphatic heterocycles. The summed E-state index contributed by atoms with van der Waals surface area (Å²) in [4.78, 5) is 10.7. The summed E-state index contributed by atoms with van der Waals surface area (Å²) in [6.07, 6.45) is 4.79. The zero-order chi connectivity index (χ0) is 11.5. The molecule has 0 spiro atoms. The van der Waals surface area contributed by atoms with Crippen LogP contribution in [0.25, 0.3) is 0 Å². The fourth-order valence-corrected chi connectivity index (χ4v) is 2.54. The van der Waals surface area contributed by atoms with E-state index >= 15 is 0 Å².